The van der Waals surface area contributed by atoms with E-state index in [0.29, 0.717) is 6.61 Å². The first kappa shape index (κ1) is 13.5. The van der Waals surface area contributed by atoms with E-state index in [2.05, 4.69) is 5.10 Å². The summed E-state index contributed by atoms with van der Waals surface area (Å²) in [6.07, 6.45) is 0. The van der Waals surface area contributed by atoms with Crippen LogP contribution in [0, 0.1) is 6.92 Å². The molecule has 0 bridgehead atoms. The van der Waals surface area contributed by atoms with Gasteiger partial charge in [-0.1, -0.05) is 13.8 Å². The van der Waals surface area contributed by atoms with Gasteiger partial charge in [0.2, 0.25) is 0 Å². The molecular weight excluding hydrogens is 240 g/mol. The molecule has 0 aliphatic heterocycles. The van der Waals surface area contributed by atoms with E-state index in [1.807, 2.05) is 52.0 Å². The van der Waals surface area contributed by atoms with Crippen molar-refractivity contribution < 1.29 is 4.74 Å². The Kier molecular flexibility index (Phi) is 3.79. The van der Waals surface area contributed by atoms with Crippen molar-refractivity contribution in [3.05, 3.63) is 45.9 Å². The minimum Gasteiger partial charge on any atom is -0.494 e. The molecular formula is C15H20N2O2. The monoisotopic (exact) mass is 260 g/mol. The number of ether oxygens (including phenoxy) is 1. The molecule has 4 heteroatoms. The van der Waals surface area contributed by atoms with Crippen molar-refractivity contribution >= 4 is 0 Å². The van der Waals surface area contributed by atoms with Gasteiger partial charge in [0.15, 0.2) is 0 Å². The van der Waals surface area contributed by atoms with Crippen LogP contribution in [-0.4, -0.2) is 16.4 Å². The molecule has 0 aliphatic rings. The summed E-state index contributed by atoms with van der Waals surface area (Å²) >= 11 is 0. The number of rotatable bonds is 4. The lowest BCUT2D eigenvalue weighted by Crippen LogP contribution is -2.18. The molecule has 2 aromatic rings. The summed E-state index contributed by atoms with van der Waals surface area (Å²) in [5.74, 6) is 1.03. The molecule has 0 saturated carbocycles. The molecule has 0 unspecified atom stereocenters. The Morgan fingerprint density at radius 2 is 1.89 bits per heavy atom. The van der Waals surface area contributed by atoms with Crippen molar-refractivity contribution in [2.45, 2.75) is 33.6 Å². The molecule has 0 aliphatic carbocycles. The number of aryl methyl sites for hydroxylation is 1. The third-order valence-corrected chi connectivity index (χ3v) is 3.10. The summed E-state index contributed by atoms with van der Waals surface area (Å²) in [7, 11) is 0. The van der Waals surface area contributed by atoms with E-state index in [1.54, 1.807) is 4.68 Å². The fourth-order valence-corrected chi connectivity index (χ4v) is 2.28. The minimum atomic E-state index is 0.0247. The largest absolute Gasteiger partial charge is 0.494 e. The summed E-state index contributed by atoms with van der Waals surface area (Å²) in [5.41, 5.74) is 2.61. The van der Waals surface area contributed by atoms with Crippen LogP contribution in [0.15, 0.2) is 29.1 Å². The second kappa shape index (κ2) is 5.34. The average Bonchev–Trinajstić information content (AvgIpc) is 2.66. The quantitative estimate of drug-likeness (QED) is 0.918. The zero-order valence-corrected chi connectivity index (χ0v) is 11.9. The van der Waals surface area contributed by atoms with E-state index in [1.165, 1.54) is 0 Å². The van der Waals surface area contributed by atoms with Crippen LogP contribution in [0.1, 0.15) is 37.9 Å². The highest BCUT2D eigenvalue weighted by atomic mass is 16.5. The molecule has 2 rings (SSSR count). The van der Waals surface area contributed by atoms with Gasteiger partial charge in [-0.2, -0.15) is 0 Å². The Morgan fingerprint density at radius 3 is 2.37 bits per heavy atom. The first-order valence-electron chi connectivity index (χ1n) is 6.59. The lowest BCUT2D eigenvalue weighted by molar-refractivity contribution is 0.340. The van der Waals surface area contributed by atoms with Gasteiger partial charge in [-0.15, -0.1) is 0 Å². The number of nitrogens with one attached hydrogen (secondary N) is 1. The van der Waals surface area contributed by atoms with Crippen LogP contribution < -0.4 is 10.3 Å². The van der Waals surface area contributed by atoms with Crippen LogP contribution in [0.4, 0.5) is 0 Å². The van der Waals surface area contributed by atoms with Crippen LogP contribution >= 0.6 is 0 Å². The van der Waals surface area contributed by atoms with Gasteiger partial charge in [-0.05, 0) is 44.0 Å². The molecule has 19 heavy (non-hydrogen) atoms. The fraction of sp³-hybridized carbons (Fsp3) is 0.400. The van der Waals surface area contributed by atoms with Crippen molar-refractivity contribution in [1.82, 2.24) is 9.78 Å². The fourth-order valence-electron chi connectivity index (χ4n) is 2.28. The third-order valence-electron chi connectivity index (χ3n) is 3.10. The first-order chi connectivity index (χ1) is 9.04. The molecule has 0 radical (unpaired) electrons. The minimum absolute atomic E-state index is 0.0247. The number of aromatic amines is 1. The normalized spacial score (nSPS) is 11.0. The molecule has 1 N–H and O–H groups in total. The summed E-state index contributed by atoms with van der Waals surface area (Å²) in [6.45, 7) is 8.57. The van der Waals surface area contributed by atoms with Crippen molar-refractivity contribution in [3.8, 4) is 11.4 Å². The maximum absolute atomic E-state index is 12.3. The zero-order valence-electron chi connectivity index (χ0n) is 11.9. The molecule has 0 spiro atoms. The Hall–Kier alpha value is -1.97. The Balaban J connectivity index is 2.42. The molecule has 0 saturated heterocycles. The molecule has 1 heterocycles. The lowest BCUT2D eigenvalue weighted by atomic mass is 10.1. The van der Waals surface area contributed by atoms with Crippen LogP contribution in [0.5, 0.6) is 5.75 Å². The van der Waals surface area contributed by atoms with Crippen molar-refractivity contribution in [2.24, 2.45) is 0 Å². The van der Waals surface area contributed by atoms with E-state index >= 15 is 0 Å². The second-order valence-electron chi connectivity index (χ2n) is 4.87. The van der Waals surface area contributed by atoms with Gasteiger partial charge < -0.3 is 4.74 Å². The van der Waals surface area contributed by atoms with E-state index in [0.717, 1.165) is 22.7 Å². The van der Waals surface area contributed by atoms with E-state index in [9.17, 15) is 4.79 Å². The van der Waals surface area contributed by atoms with Gasteiger partial charge in [0, 0.05) is 11.3 Å². The summed E-state index contributed by atoms with van der Waals surface area (Å²) in [4.78, 5) is 12.3. The molecule has 0 atom stereocenters. The van der Waals surface area contributed by atoms with Gasteiger partial charge in [0.25, 0.3) is 5.56 Å². The van der Waals surface area contributed by atoms with Crippen LogP contribution in [0.2, 0.25) is 0 Å². The topological polar surface area (TPSA) is 47.0 Å². The third kappa shape index (κ3) is 2.57. The highest BCUT2D eigenvalue weighted by molar-refractivity contribution is 5.38. The van der Waals surface area contributed by atoms with Gasteiger partial charge in [-0.25, -0.2) is 4.68 Å². The Labute approximate surface area is 113 Å². The number of aromatic nitrogens is 2. The number of nitrogens with zero attached hydrogens (tertiary/aromatic N) is 1. The standard InChI is InChI=1S/C15H20N2O2/c1-5-19-13-8-6-12(7-9-13)17-15(18)14(10(2)3)11(4)16-17/h6-10,16H,5H2,1-4H3. The highest BCUT2D eigenvalue weighted by Crippen LogP contribution is 2.17. The van der Waals surface area contributed by atoms with Gasteiger partial charge in [0.1, 0.15) is 5.75 Å². The summed E-state index contributed by atoms with van der Waals surface area (Å²) in [5, 5.41) is 3.13. The van der Waals surface area contributed by atoms with E-state index in [4.69, 9.17) is 4.74 Å². The molecule has 0 fully saturated rings. The lowest BCUT2D eigenvalue weighted by Gasteiger charge is -2.05. The maximum Gasteiger partial charge on any atom is 0.274 e. The SMILES string of the molecule is CCOc1ccc(-n2[nH]c(C)c(C(C)C)c2=O)cc1. The van der Waals surface area contributed by atoms with Gasteiger partial charge in [0.05, 0.1) is 12.3 Å². The van der Waals surface area contributed by atoms with Crippen molar-refractivity contribution in [3.63, 3.8) is 0 Å². The van der Waals surface area contributed by atoms with Crippen LogP contribution in [-0.2, 0) is 0 Å². The number of benzene rings is 1. The maximum atomic E-state index is 12.3. The molecule has 1 aromatic carbocycles. The van der Waals surface area contributed by atoms with E-state index < -0.39 is 0 Å². The zero-order chi connectivity index (χ0) is 14.0. The molecule has 4 nitrogen and oxygen atoms in total. The number of hydrogen-bond acceptors (Lipinski definition) is 2. The summed E-state index contributed by atoms with van der Waals surface area (Å²) in [6, 6.07) is 7.51. The number of hydrogen-bond donors (Lipinski definition) is 1. The van der Waals surface area contributed by atoms with E-state index in [-0.39, 0.29) is 11.5 Å². The molecule has 0 amide bonds. The smallest absolute Gasteiger partial charge is 0.274 e. The van der Waals surface area contributed by atoms with Gasteiger partial charge >= 0.3 is 0 Å². The predicted octanol–water partition coefficient (Wildman–Crippen LogP) is 3.00. The Morgan fingerprint density at radius 1 is 1.26 bits per heavy atom. The van der Waals surface area contributed by atoms with Crippen molar-refractivity contribution in [1.29, 1.82) is 0 Å². The average molecular weight is 260 g/mol. The van der Waals surface area contributed by atoms with Crippen LogP contribution in [0.3, 0.4) is 0 Å². The Bertz CT molecular complexity index is 606. The van der Waals surface area contributed by atoms with Crippen molar-refractivity contribution in [2.75, 3.05) is 6.61 Å². The highest BCUT2D eigenvalue weighted by Gasteiger charge is 2.14. The predicted molar refractivity (Wildman–Crippen MR) is 76.4 cm³/mol. The molecule has 1 aromatic heterocycles. The first-order valence-corrected chi connectivity index (χ1v) is 6.59. The number of H-pyrrole nitrogens is 1. The second-order valence-corrected chi connectivity index (χ2v) is 4.87. The van der Waals surface area contributed by atoms with Gasteiger partial charge in [-0.3, -0.25) is 9.89 Å². The summed E-state index contributed by atoms with van der Waals surface area (Å²) < 4.78 is 6.98. The van der Waals surface area contributed by atoms with Crippen LogP contribution in [0.25, 0.3) is 5.69 Å². The molecule has 102 valence electrons.